The Morgan fingerprint density at radius 1 is 0.818 bits per heavy atom. The smallest absolute Gasteiger partial charge is 0.0643 e. The molecule has 0 radical (unpaired) electrons. The monoisotopic (exact) mass is 156 g/mol. The fraction of sp³-hybridized carbons (Fsp3) is 0.556. The van der Waals surface area contributed by atoms with Gasteiger partial charge in [0.05, 0.1) is 13.2 Å². The molecule has 64 valence electrons. The maximum atomic E-state index is 4.83. The summed E-state index contributed by atoms with van der Waals surface area (Å²) >= 11 is 0. The van der Waals surface area contributed by atoms with Crippen LogP contribution in [0.5, 0.6) is 0 Å². The van der Waals surface area contributed by atoms with E-state index in [4.69, 9.17) is 9.47 Å². The van der Waals surface area contributed by atoms with Crippen LogP contribution < -0.4 is 0 Å². The van der Waals surface area contributed by atoms with Gasteiger partial charge in [-0.05, 0) is 6.42 Å². The molecule has 0 aliphatic carbocycles. The highest BCUT2D eigenvalue weighted by Gasteiger charge is 1.73. The largest absolute Gasteiger partial charge is 0.381 e. The van der Waals surface area contributed by atoms with E-state index in [0.29, 0.717) is 13.2 Å². The van der Waals surface area contributed by atoms with E-state index in [0.717, 1.165) is 6.42 Å². The molecule has 0 saturated carbocycles. The van der Waals surface area contributed by atoms with Gasteiger partial charge in [-0.1, -0.05) is 24.3 Å². The predicted molar refractivity (Wildman–Crippen MR) is 46.6 cm³/mol. The van der Waals surface area contributed by atoms with Gasteiger partial charge in [0.2, 0.25) is 0 Å². The van der Waals surface area contributed by atoms with Crippen molar-refractivity contribution in [2.75, 3.05) is 27.4 Å². The lowest BCUT2D eigenvalue weighted by atomic mass is 10.3. The fourth-order valence-corrected chi connectivity index (χ4v) is 0.600. The molecule has 0 amide bonds. The number of hydrogen-bond acceptors (Lipinski definition) is 2. The minimum absolute atomic E-state index is 0.693. The third-order valence-corrected chi connectivity index (χ3v) is 1.13. The average molecular weight is 156 g/mol. The van der Waals surface area contributed by atoms with Crippen molar-refractivity contribution < 1.29 is 9.47 Å². The highest BCUT2D eigenvalue weighted by Crippen LogP contribution is 1.86. The fourth-order valence-electron chi connectivity index (χ4n) is 0.600. The second-order valence-corrected chi connectivity index (χ2v) is 2.09. The summed E-state index contributed by atoms with van der Waals surface area (Å²) in [5.41, 5.74) is 0. The lowest BCUT2D eigenvalue weighted by molar-refractivity contribution is 0.233. The molecule has 0 aromatic rings. The van der Waals surface area contributed by atoms with Crippen molar-refractivity contribution in [3.8, 4) is 0 Å². The van der Waals surface area contributed by atoms with Gasteiger partial charge in [0, 0.05) is 14.2 Å². The summed E-state index contributed by atoms with van der Waals surface area (Å²) in [5, 5.41) is 0. The molecule has 0 aliphatic heterocycles. The zero-order valence-corrected chi connectivity index (χ0v) is 7.25. The Morgan fingerprint density at radius 3 is 1.64 bits per heavy atom. The Morgan fingerprint density at radius 2 is 1.27 bits per heavy atom. The van der Waals surface area contributed by atoms with E-state index in [-0.39, 0.29) is 0 Å². The molecule has 0 fully saturated rings. The molecule has 0 aromatic carbocycles. The Bertz CT molecular complexity index is 103. The standard InChI is InChI=1S/C9H16O2/c1-10-8-6-4-3-5-7-9-11-2/h4-7H,3,8-9H2,1-2H3/b6-4-,7-5-. The van der Waals surface area contributed by atoms with Crippen LogP contribution in [0.1, 0.15) is 6.42 Å². The van der Waals surface area contributed by atoms with Crippen molar-refractivity contribution >= 4 is 0 Å². The Hall–Kier alpha value is -0.600. The van der Waals surface area contributed by atoms with Crippen LogP contribution in [0, 0.1) is 0 Å². The number of methoxy groups -OCH3 is 2. The van der Waals surface area contributed by atoms with Crippen molar-refractivity contribution in [2.45, 2.75) is 6.42 Å². The average Bonchev–Trinajstić information content (AvgIpc) is 2.03. The first-order valence-corrected chi connectivity index (χ1v) is 3.69. The van der Waals surface area contributed by atoms with Gasteiger partial charge in [-0.2, -0.15) is 0 Å². The minimum atomic E-state index is 0.693. The van der Waals surface area contributed by atoms with Crippen LogP contribution >= 0.6 is 0 Å². The first kappa shape index (κ1) is 10.4. The summed E-state index contributed by atoms with van der Waals surface area (Å²) in [6.45, 7) is 1.39. The molecule has 0 atom stereocenters. The summed E-state index contributed by atoms with van der Waals surface area (Å²) in [5.74, 6) is 0. The quantitative estimate of drug-likeness (QED) is 0.546. The van der Waals surface area contributed by atoms with Gasteiger partial charge in [-0.25, -0.2) is 0 Å². The summed E-state index contributed by atoms with van der Waals surface area (Å²) in [6, 6.07) is 0. The van der Waals surface area contributed by atoms with Crippen molar-refractivity contribution in [1.29, 1.82) is 0 Å². The lowest BCUT2D eigenvalue weighted by Gasteiger charge is -1.87. The Balaban J connectivity index is 3.11. The molecule has 2 nitrogen and oxygen atoms in total. The molecule has 0 N–H and O–H groups in total. The van der Waals surface area contributed by atoms with E-state index >= 15 is 0 Å². The number of hydrogen-bond donors (Lipinski definition) is 0. The van der Waals surface area contributed by atoms with Crippen molar-refractivity contribution in [3.05, 3.63) is 24.3 Å². The van der Waals surface area contributed by atoms with Crippen LogP contribution in [0.3, 0.4) is 0 Å². The van der Waals surface area contributed by atoms with E-state index in [1.165, 1.54) is 0 Å². The van der Waals surface area contributed by atoms with Gasteiger partial charge in [0.25, 0.3) is 0 Å². The van der Waals surface area contributed by atoms with E-state index < -0.39 is 0 Å². The first-order chi connectivity index (χ1) is 5.41. The highest BCUT2D eigenvalue weighted by atomic mass is 16.5. The molecule has 2 heteroatoms. The van der Waals surface area contributed by atoms with E-state index in [2.05, 4.69) is 12.2 Å². The topological polar surface area (TPSA) is 18.5 Å². The number of rotatable bonds is 6. The van der Waals surface area contributed by atoms with Crippen LogP contribution in [0.15, 0.2) is 24.3 Å². The molecular formula is C9H16O2. The second kappa shape index (κ2) is 9.40. The molecule has 0 aliphatic rings. The van der Waals surface area contributed by atoms with Gasteiger partial charge >= 0.3 is 0 Å². The molecule has 0 unspecified atom stereocenters. The van der Waals surface area contributed by atoms with Crippen molar-refractivity contribution in [2.24, 2.45) is 0 Å². The van der Waals surface area contributed by atoms with E-state index in [1.807, 2.05) is 12.2 Å². The SMILES string of the molecule is COC/C=C\C/C=C\COC. The number of allylic oxidation sites excluding steroid dienone is 2. The lowest BCUT2D eigenvalue weighted by Crippen LogP contribution is -1.80. The summed E-state index contributed by atoms with van der Waals surface area (Å²) < 4.78 is 9.67. The molecule has 11 heavy (non-hydrogen) atoms. The molecule has 0 saturated heterocycles. The van der Waals surface area contributed by atoms with Crippen LogP contribution in [-0.4, -0.2) is 27.4 Å². The molecule has 0 bridgehead atoms. The Kier molecular flexibility index (Phi) is 8.89. The summed E-state index contributed by atoms with van der Waals surface area (Å²) in [7, 11) is 3.37. The van der Waals surface area contributed by atoms with Gasteiger partial charge in [-0.3, -0.25) is 0 Å². The van der Waals surface area contributed by atoms with Crippen LogP contribution in [-0.2, 0) is 9.47 Å². The van der Waals surface area contributed by atoms with Crippen LogP contribution in [0.25, 0.3) is 0 Å². The maximum absolute atomic E-state index is 4.83. The maximum Gasteiger partial charge on any atom is 0.0643 e. The third-order valence-electron chi connectivity index (χ3n) is 1.13. The summed E-state index contributed by atoms with van der Waals surface area (Å²) in [6.07, 6.45) is 9.08. The molecular weight excluding hydrogens is 140 g/mol. The molecule has 0 heterocycles. The first-order valence-electron chi connectivity index (χ1n) is 3.69. The zero-order valence-electron chi connectivity index (χ0n) is 7.25. The van der Waals surface area contributed by atoms with Crippen molar-refractivity contribution in [1.82, 2.24) is 0 Å². The van der Waals surface area contributed by atoms with Gasteiger partial charge in [0.1, 0.15) is 0 Å². The minimum Gasteiger partial charge on any atom is -0.381 e. The normalized spacial score (nSPS) is 11.8. The Labute approximate surface area is 68.5 Å². The second-order valence-electron chi connectivity index (χ2n) is 2.09. The predicted octanol–water partition coefficient (Wildman–Crippen LogP) is 1.78. The van der Waals surface area contributed by atoms with Crippen molar-refractivity contribution in [3.63, 3.8) is 0 Å². The van der Waals surface area contributed by atoms with Gasteiger partial charge < -0.3 is 9.47 Å². The van der Waals surface area contributed by atoms with E-state index in [1.54, 1.807) is 14.2 Å². The number of ether oxygens (including phenoxy) is 2. The van der Waals surface area contributed by atoms with Gasteiger partial charge in [-0.15, -0.1) is 0 Å². The molecule has 0 rings (SSSR count). The van der Waals surface area contributed by atoms with Crippen LogP contribution in [0.4, 0.5) is 0 Å². The highest BCUT2D eigenvalue weighted by molar-refractivity contribution is 4.92. The van der Waals surface area contributed by atoms with E-state index in [9.17, 15) is 0 Å². The molecule has 0 spiro atoms. The molecule has 0 aromatic heterocycles. The summed E-state index contributed by atoms with van der Waals surface area (Å²) in [4.78, 5) is 0. The van der Waals surface area contributed by atoms with Crippen LogP contribution in [0.2, 0.25) is 0 Å². The van der Waals surface area contributed by atoms with Gasteiger partial charge in [0.15, 0.2) is 0 Å². The zero-order chi connectivity index (χ0) is 8.36. The third kappa shape index (κ3) is 9.40.